The van der Waals surface area contributed by atoms with Crippen molar-refractivity contribution in [2.24, 2.45) is 0 Å². The molecule has 0 unspecified atom stereocenters. The van der Waals surface area contributed by atoms with Gasteiger partial charge in [-0.2, -0.15) is 4.68 Å². The molecule has 0 saturated heterocycles. The Hall–Kier alpha value is -2.87. The summed E-state index contributed by atoms with van der Waals surface area (Å²) in [7, 11) is 0. The Balaban J connectivity index is 1.22. The lowest BCUT2D eigenvalue weighted by Gasteiger charge is -2.10. The zero-order valence-electron chi connectivity index (χ0n) is 16.8. The summed E-state index contributed by atoms with van der Waals surface area (Å²) in [5.74, 6) is 1.54. The van der Waals surface area contributed by atoms with Crippen LogP contribution in [0.2, 0.25) is 5.02 Å². The molecule has 0 saturated carbocycles. The summed E-state index contributed by atoms with van der Waals surface area (Å²) < 4.78 is 7.58. The molecule has 0 bridgehead atoms. The standard InChI is InChI=1S/C23H22ClN5OS/c24-21-15-19(11-12-22(21)30-17-18-7-3-1-4-8-18)16-25-13-14-31-23-26-27-28-29(23)20-9-5-2-6-10-20/h1-12,15,25H,13-14,16-17H2. The summed E-state index contributed by atoms with van der Waals surface area (Å²) in [5.41, 5.74) is 3.17. The van der Waals surface area contributed by atoms with Gasteiger partial charge in [0.1, 0.15) is 12.4 Å². The molecular formula is C23H22ClN5OS. The molecule has 1 heterocycles. The van der Waals surface area contributed by atoms with Crippen molar-refractivity contribution in [2.75, 3.05) is 12.3 Å². The minimum Gasteiger partial charge on any atom is -0.487 e. The Morgan fingerprint density at radius 1 is 0.935 bits per heavy atom. The lowest BCUT2D eigenvalue weighted by Crippen LogP contribution is -2.16. The van der Waals surface area contributed by atoms with Gasteiger partial charge in [0, 0.05) is 18.8 Å². The highest BCUT2D eigenvalue weighted by molar-refractivity contribution is 7.99. The van der Waals surface area contributed by atoms with Crippen LogP contribution in [-0.2, 0) is 13.2 Å². The molecule has 3 aromatic carbocycles. The highest BCUT2D eigenvalue weighted by Gasteiger charge is 2.08. The van der Waals surface area contributed by atoms with Crippen molar-refractivity contribution in [1.82, 2.24) is 25.5 Å². The molecule has 0 aliphatic rings. The number of hydrogen-bond donors (Lipinski definition) is 1. The number of nitrogens with zero attached hydrogens (tertiary/aromatic N) is 4. The van der Waals surface area contributed by atoms with E-state index in [0.717, 1.165) is 40.8 Å². The van der Waals surface area contributed by atoms with Crippen molar-refractivity contribution in [2.45, 2.75) is 18.3 Å². The Kier molecular flexibility index (Phi) is 7.55. The van der Waals surface area contributed by atoms with Crippen LogP contribution >= 0.6 is 23.4 Å². The lowest BCUT2D eigenvalue weighted by molar-refractivity contribution is 0.306. The number of hydrogen-bond acceptors (Lipinski definition) is 6. The molecule has 0 aliphatic carbocycles. The molecule has 0 aliphatic heterocycles. The van der Waals surface area contributed by atoms with E-state index < -0.39 is 0 Å². The van der Waals surface area contributed by atoms with Crippen LogP contribution in [0.15, 0.2) is 84.0 Å². The van der Waals surface area contributed by atoms with Gasteiger partial charge < -0.3 is 10.1 Å². The number of tetrazole rings is 1. The summed E-state index contributed by atoms with van der Waals surface area (Å²) in [5, 5.41) is 16.8. The molecule has 0 radical (unpaired) electrons. The minimum absolute atomic E-state index is 0.498. The molecule has 4 rings (SSSR count). The molecule has 0 amide bonds. The third-order valence-electron chi connectivity index (χ3n) is 4.51. The first kappa shape index (κ1) is 21.4. The summed E-state index contributed by atoms with van der Waals surface area (Å²) in [4.78, 5) is 0. The summed E-state index contributed by atoms with van der Waals surface area (Å²) in [6.45, 7) is 2.04. The Morgan fingerprint density at radius 2 is 1.71 bits per heavy atom. The smallest absolute Gasteiger partial charge is 0.214 e. The molecular weight excluding hydrogens is 430 g/mol. The Bertz CT molecular complexity index is 1090. The lowest BCUT2D eigenvalue weighted by atomic mass is 10.2. The van der Waals surface area contributed by atoms with E-state index in [4.69, 9.17) is 16.3 Å². The highest BCUT2D eigenvalue weighted by atomic mass is 35.5. The summed E-state index contributed by atoms with van der Waals surface area (Å²) in [6.07, 6.45) is 0. The molecule has 1 N–H and O–H groups in total. The van der Waals surface area contributed by atoms with Crippen molar-refractivity contribution in [1.29, 1.82) is 0 Å². The summed E-state index contributed by atoms with van der Waals surface area (Å²) >= 11 is 8.01. The predicted octanol–water partition coefficient (Wildman–Crippen LogP) is 4.78. The third kappa shape index (κ3) is 6.07. The zero-order valence-corrected chi connectivity index (χ0v) is 18.4. The van der Waals surface area contributed by atoms with Crippen molar-refractivity contribution in [3.63, 3.8) is 0 Å². The molecule has 0 atom stereocenters. The Labute approximate surface area is 190 Å². The molecule has 6 nitrogen and oxygen atoms in total. The van der Waals surface area contributed by atoms with E-state index >= 15 is 0 Å². The number of halogens is 1. The minimum atomic E-state index is 0.498. The second-order valence-corrected chi connectivity index (χ2v) is 8.24. The van der Waals surface area contributed by atoms with E-state index in [1.807, 2.05) is 78.9 Å². The molecule has 0 spiro atoms. The topological polar surface area (TPSA) is 64.9 Å². The first-order valence-electron chi connectivity index (χ1n) is 9.92. The van der Waals surface area contributed by atoms with Gasteiger partial charge in [-0.1, -0.05) is 78.0 Å². The van der Waals surface area contributed by atoms with Gasteiger partial charge in [0.2, 0.25) is 5.16 Å². The highest BCUT2D eigenvalue weighted by Crippen LogP contribution is 2.26. The number of benzene rings is 3. The zero-order chi connectivity index (χ0) is 21.3. The van der Waals surface area contributed by atoms with Gasteiger partial charge in [0.15, 0.2) is 0 Å². The average Bonchev–Trinajstić information content (AvgIpc) is 3.28. The number of rotatable bonds is 10. The van der Waals surface area contributed by atoms with Gasteiger partial charge in [-0.3, -0.25) is 0 Å². The van der Waals surface area contributed by atoms with Gasteiger partial charge >= 0.3 is 0 Å². The maximum Gasteiger partial charge on any atom is 0.214 e. The van der Waals surface area contributed by atoms with Crippen molar-refractivity contribution in [3.8, 4) is 11.4 Å². The maximum absolute atomic E-state index is 6.40. The van der Waals surface area contributed by atoms with Gasteiger partial charge in [-0.25, -0.2) is 0 Å². The average molecular weight is 452 g/mol. The first-order chi connectivity index (χ1) is 15.3. The van der Waals surface area contributed by atoms with Crippen LogP contribution in [0.4, 0.5) is 0 Å². The van der Waals surface area contributed by atoms with E-state index in [1.165, 1.54) is 0 Å². The molecule has 4 aromatic rings. The monoisotopic (exact) mass is 451 g/mol. The van der Waals surface area contributed by atoms with Crippen LogP contribution in [0.3, 0.4) is 0 Å². The van der Waals surface area contributed by atoms with Gasteiger partial charge in [-0.05, 0) is 45.8 Å². The van der Waals surface area contributed by atoms with Crippen molar-refractivity contribution < 1.29 is 4.74 Å². The molecule has 0 fully saturated rings. The van der Waals surface area contributed by atoms with Crippen molar-refractivity contribution >= 4 is 23.4 Å². The van der Waals surface area contributed by atoms with E-state index in [-0.39, 0.29) is 0 Å². The maximum atomic E-state index is 6.40. The van der Waals surface area contributed by atoms with E-state index in [1.54, 1.807) is 16.4 Å². The molecule has 31 heavy (non-hydrogen) atoms. The normalized spacial score (nSPS) is 10.9. The number of ether oxygens (including phenoxy) is 1. The molecule has 1 aromatic heterocycles. The van der Waals surface area contributed by atoms with Crippen LogP contribution < -0.4 is 10.1 Å². The van der Waals surface area contributed by atoms with Gasteiger partial charge in [-0.15, -0.1) is 5.10 Å². The fourth-order valence-electron chi connectivity index (χ4n) is 2.95. The molecule has 158 valence electrons. The van der Waals surface area contributed by atoms with Crippen LogP contribution in [0.25, 0.3) is 5.69 Å². The van der Waals surface area contributed by atoms with E-state index in [0.29, 0.717) is 17.4 Å². The number of aromatic nitrogens is 4. The third-order valence-corrected chi connectivity index (χ3v) is 5.73. The number of thioether (sulfide) groups is 1. The van der Waals surface area contributed by atoms with Gasteiger partial charge in [0.25, 0.3) is 0 Å². The molecule has 8 heteroatoms. The second-order valence-electron chi connectivity index (χ2n) is 6.77. The SMILES string of the molecule is Clc1cc(CNCCSc2nnnn2-c2ccccc2)ccc1OCc1ccccc1. The fourth-order valence-corrected chi connectivity index (χ4v) is 4.00. The van der Waals surface area contributed by atoms with E-state index in [2.05, 4.69) is 20.8 Å². The van der Waals surface area contributed by atoms with Crippen LogP contribution in [0.5, 0.6) is 5.75 Å². The first-order valence-corrected chi connectivity index (χ1v) is 11.3. The second kappa shape index (κ2) is 10.9. The number of nitrogens with one attached hydrogen (secondary N) is 1. The number of para-hydroxylation sites is 1. The Morgan fingerprint density at radius 3 is 2.48 bits per heavy atom. The van der Waals surface area contributed by atoms with Gasteiger partial charge in [0.05, 0.1) is 10.7 Å². The van der Waals surface area contributed by atoms with Crippen LogP contribution in [0.1, 0.15) is 11.1 Å². The van der Waals surface area contributed by atoms with Crippen molar-refractivity contribution in [3.05, 3.63) is 95.0 Å². The predicted molar refractivity (Wildman–Crippen MR) is 124 cm³/mol. The van der Waals surface area contributed by atoms with Crippen LogP contribution in [0, 0.1) is 0 Å². The van der Waals surface area contributed by atoms with Crippen LogP contribution in [-0.4, -0.2) is 32.5 Å². The largest absolute Gasteiger partial charge is 0.487 e. The fraction of sp³-hybridized carbons (Fsp3) is 0.174. The summed E-state index contributed by atoms with van der Waals surface area (Å²) in [6, 6.07) is 25.8. The van der Waals surface area contributed by atoms with E-state index in [9.17, 15) is 0 Å². The quantitative estimate of drug-likeness (QED) is 0.276.